The van der Waals surface area contributed by atoms with E-state index in [1.54, 1.807) is 13.8 Å². The van der Waals surface area contributed by atoms with Crippen molar-refractivity contribution in [2.45, 2.75) is 26.3 Å². The standard InChI is InChI=1S/C26H28F2N2O4/c1-16-22(25(31)33-4)24(20-14-19(27)10-11-21(20)28)23(17(2)29-16)26(32)34-13-12-30(3)15-18-8-6-5-7-9-18/h5-11,14,22,24H,12-13,15H2,1-4H3. The number of hydrogen-bond acceptors (Lipinski definition) is 6. The van der Waals surface area contributed by atoms with Gasteiger partial charge in [-0.2, -0.15) is 0 Å². The minimum absolute atomic E-state index is 0.0104. The molecule has 1 heterocycles. The molecule has 1 aliphatic rings. The molecule has 34 heavy (non-hydrogen) atoms. The van der Waals surface area contributed by atoms with Crippen molar-refractivity contribution in [2.24, 2.45) is 10.9 Å². The number of hydrogen-bond donors (Lipinski definition) is 0. The molecule has 0 amide bonds. The van der Waals surface area contributed by atoms with Crippen LogP contribution in [0.1, 0.15) is 30.9 Å². The van der Waals surface area contributed by atoms with E-state index < -0.39 is 35.4 Å². The monoisotopic (exact) mass is 470 g/mol. The number of aliphatic imine (C=N–C) groups is 1. The van der Waals surface area contributed by atoms with Crippen molar-refractivity contribution in [1.82, 2.24) is 4.90 Å². The topological polar surface area (TPSA) is 68.2 Å². The average Bonchev–Trinajstić information content (AvgIpc) is 2.80. The Morgan fingerprint density at radius 3 is 2.47 bits per heavy atom. The summed E-state index contributed by atoms with van der Waals surface area (Å²) in [6.07, 6.45) is 0. The summed E-state index contributed by atoms with van der Waals surface area (Å²) in [5.41, 5.74) is 1.63. The molecule has 180 valence electrons. The Morgan fingerprint density at radius 2 is 1.79 bits per heavy atom. The van der Waals surface area contributed by atoms with Gasteiger partial charge >= 0.3 is 11.9 Å². The lowest BCUT2D eigenvalue weighted by molar-refractivity contribution is -0.144. The van der Waals surface area contributed by atoms with Crippen LogP contribution in [0.15, 0.2) is 64.8 Å². The van der Waals surface area contributed by atoms with E-state index >= 15 is 0 Å². The summed E-state index contributed by atoms with van der Waals surface area (Å²) in [6, 6.07) is 12.8. The molecule has 2 aromatic carbocycles. The molecule has 3 rings (SSSR count). The van der Waals surface area contributed by atoms with Crippen molar-refractivity contribution in [3.63, 3.8) is 0 Å². The van der Waals surface area contributed by atoms with Crippen LogP contribution in [0.3, 0.4) is 0 Å². The Balaban J connectivity index is 1.84. The molecule has 0 saturated heterocycles. The molecule has 1 aliphatic heterocycles. The van der Waals surface area contributed by atoms with E-state index in [2.05, 4.69) is 4.99 Å². The third-order valence-electron chi connectivity index (χ3n) is 5.80. The first-order valence-corrected chi connectivity index (χ1v) is 10.9. The number of carbonyl (C=O) groups is 2. The van der Waals surface area contributed by atoms with Crippen molar-refractivity contribution in [2.75, 3.05) is 27.3 Å². The minimum Gasteiger partial charge on any atom is -0.468 e. The normalized spacial score (nSPS) is 18.0. The molecule has 0 aromatic heterocycles. The average molecular weight is 471 g/mol. The molecule has 2 atom stereocenters. The molecular formula is C26H28F2N2O4. The maximum Gasteiger partial charge on any atom is 0.336 e. The Bertz CT molecular complexity index is 1120. The molecular weight excluding hydrogens is 442 g/mol. The Morgan fingerprint density at radius 1 is 1.09 bits per heavy atom. The first-order valence-electron chi connectivity index (χ1n) is 10.9. The van der Waals surface area contributed by atoms with E-state index in [9.17, 15) is 18.4 Å². The summed E-state index contributed by atoms with van der Waals surface area (Å²) in [5.74, 6) is -5.08. The molecule has 6 nitrogen and oxygen atoms in total. The maximum atomic E-state index is 14.8. The number of benzene rings is 2. The number of rotatable bonds is 8. The van der Waals surface area contributed by atoms with Crippen molar-refractivity contribution < 1.29 is 27.8 Å². The van der Waals surface area contributed by atoms with Crippen molar-refractivity contribution in [3.05, 3.63) is 82.6 Å². The molecule has 0 saturated carbocycles. The Kier molecular flexibility index (Phi) is 8.28. The van der Waals surface area contributed by atoms with Gasteiger partial charge in [0.1, 0.15) is 24.2 Å². The number of carbonyl (C=O) groups excluding carboxylic acids is 2. The number of nitrogens with zero attached hydrogens (tertiary/aromatic N) is 2. The first kappa shape index (κ1) is 25.2. The summed E-state index contributed by atoms with van der Waals surface area (Å²) < 4.78 is 39.3. The highest BCUT2D eigenvalue weighted by atomic mass is 19.1. The largest absolute Gasteiger partial charge is 0.468 e. The number of esters is 2. The minimum atomic E-state index is -1.13. The lowest BCUT2D eigenvalue weighted by Crippen LogP contribution is -2.37. The van der Waals surface area contributed by atoms with Crippen LogP contribution < -0.4 is 0 Å². The summed E-state index contributed by atoms with van der Waals surface area (Å²) in [7, 11) is 3.10. The number of halogens is 2. The molecule has 0 spiro atoms. The van der Waals surface area contributed by atoms with E-state index in [1.165, 1.54) is 7.11 Å². The van der Waals surface area contributed by atoms with Gasteiger partial charge in [0.2, 0.25) is 0 Å². The first-order chi connectivity index (χ1) is 16.2. The molecule has 0 radical (unpaired) electrons. The zero-order valence-corrected chi connectivity index (χ0v) is 19.7. The second-order valence-electron chi connectivity index (χ2n) is 8.26. The fraction of sp³-hybridized carbons (Fsp3) is 0.346. The lowest BCUT2D eigenvalue weighted by Gasteiger charge is -2.31. The highest BCUT2D eigenvalue weighted by Crippen LogP contribution is 2.41. The third kappa shape index (κ3) is 5.75. The zero-order valence-electron chi connectivity index (χ0n) is 19.7. The van der Waals surface area contributed by atoms with Crippen LogP contribution in [0.2, 0.25) is 0 Å². The van der Waals surface area contributed by atoms with Gasteiger partial charge in [0.05, 0.1) is 12.7 Å². The van der Waals surface area contributed by atoms with E-state index in [4.69, 9.17) is 9.47 Å². The van der Waals surface area contributed by atoms with Gasteiger partial charge in [-0.15, -0.1) is 0 Å². The lowest BCUT2D eigenvalue weighted by atomic mass is 9.75. The van der Waals surface area contributed by atoms with E-state index in [1.807, 2.05) is 42.3 Å². The summed E-state index contributed by atoms with van der Waals surface area (Å²) in [5, 5.41) is 0. The van der Waals surface area contributed by atoms with Crippen LogP contribution in [0.4, 0.5) is 8.78 Å². The van der Waals surface area contributed by atoms with Gasteiger partial charge in [0.25, 0.3) is 0 Å². The number of allylic oxidation sites excluding steroid dienone is 1. The second kappa shape index (κ2) is 11.2. The van der Waals surface area contributed by atoms with Crippen LogP contribution >= 0.6 is 0 Å². The quantitative estimate of drug-likeness (QED) is 0.540. The number of methoxy groups -OCH3 is 1. The predicted octanol–water partition coefficient (Wildman–Crippen LogP) is 4.26. The molecule has 2 aromatic rings. The summed E-state index contributed by atoms with van der Waals surface area (Å²) in [4.78, 5) is 32.1. The molecule has 2 unspecified atom stereocenters. The Hall–Kier alpha value is -3.39. The maximum absolute atomic E-state index is 14.8. The number of ether oxygens (including phenoxy) is 2. The van der Waals surface area contributed by atoms with Crippen LogP contribution in [-0.2, 0) is 25.6 Å². The molecule has 8 heteroatoms. The molecule has 0 N–H and O–H groups in total. The zero-order chi connectivity index (χ0) is 24.8. The van der Waals surface area contributed by atoms with E-state index in [0.29, 0.717) is 18.8 Å². The van der Waals surface area contributed by atoms with Gasteiger partial charge in [-0.1, -0.05) is 30.3 Å². The Labute approximate surface area is 197 Å². The van der Waals surface area contributed by atoms with Crippen LogP contribution in [-0.4, -0.2) is 49.9 Å². The van der Waals surface area contributed by atoms with Gasteiger partial charge < -0.3 is 9.47 Å². The second-order valence-corrected chi connectivity index (χ2v) is 8.26. The summed E-state index contributed by atoms with van der Waals surface area (Å²) in [6.45, 7) is 4.37. The van der Waals surface area contributed by atoms with Crippen LogP contribution in [0.5, 0.6) is 0 Å². The smallest absolute Gasteiger partial charge is 0.336 e. The van der Waals surface area contributed by atoms with Crippen LogP contribution in [0, 0.1) is 17.6 Å². The van der Waals surface area contributed by atoms with Gasteiger partial charge in [0.15, 0.2) is 0 Å². The van der Waals surface area contributed by atoms with Crippen molar-refractivity contribution >= 4 is 17.7 Å². The SMILES string of the molecule is COC(=O)C1C(C)=NC(C)=C(C(=O)OCCN(C)Cc2ccccc2)C1c1cc(F)ccc1F. The fourth-order valence-electron chi connectivity index (χ4n) is 4.17. The van der Waals surface area contributed by atoms with Crippen LogP contribution in [0.25, 0.3) is 0 Å². The van der Waals surface area contributed by atoms with Gasteiger partial charge in [0, 0.05) is 30.4 Å². The van der Waals surface area contributed by atoms with Crippen molar-refractivity contribution in [3.8, 4) is 0 Å². The highest BCUT2D eigenvalue weighted by molar-refractivity contribution is 6.07. The van der Waals surface area contributed by atoms with Gasteiger partial charge in [-0.25, -0.2) is 13.6 Å². The van der Waals surface area contributed by atoms with Crippen molar-refractivity contribution in [1.29, 1.82) is 0 Å². The fourth-order valence-corrected chi connectivity index (χ4v) is 4.17. The van der Waals surface area contributed by atoms with E-state index in [-0.39, 0.29) is 23.4 Å². The number of likely N-dealkylation sites (N-methyl/N-ethyl adjacent to an activating group) is 1. The van der Waals surface area contributed by atoms with Gasteiger partial charge in [-0.05, 0) is 50.2 Å². The van der Waals surface area contributed by atoms with Gasteiger partial charge in [-0.3, -0.25) is 14.7 Å². The third-order valence-corrected chi connectivity index (χ3v) is 5.80. The highest BCUT2D eigenvalue weighted by Gasteiger charge is 2.43. The molecule has 0 fully saturated rings. The summed E-state index contributed by atoms with van der Waals surface area (Å²) >= 11 is 0. The molecule has 0 aliphatic carbocycles. The predicted molar refractivity (Wildman–Crippen MR) is 124 cm³/mol. The molecule has 0 bridgehead atoms. The van der Waals surface area contributed by atoms with E-state index in [0.717, 1.165) is 23.8 Å².